The zero-order chi connectivity index (χ0) is 14.4. The topological polar surface area (TPSA) is 15.3 Å². The molecule has 0 aliphatic carbocycles. The standard InChI is InChI=1S/C15H22F2N2S/c1-18-14(12-4-2-5-13(16)15(12)17)6-8-19-7-3-10-20-11-9-19/h2,4-5,14,18H,3,6-11H2,1H3. The molecular weight excluding hydrogens is 278 g/mol. The maximum Gasteiger partial charge on any atom is 0.163 e. The molecule has 5 heteroatoms. The number of nitrogens with zero attached hydrogens (tertiary/aromatic N) is 1. The fourth-order valence-electron chi connectivity index (χ4n) is 2.58. The molecule has 1 aromatic carbocycles. The van der Waals surface area contributed by atoms with Crippen molar-refractivity contribution in [2.24, 2.45) is 0 Å². The number of nitrogens with one attached hydrogen (secondary N) is 1. The minimum Gasteiger partial charge on any atom is -0.313 e. The fourth-order valence-corrected chi connectivity index (χ4v) is 3.50. The van der Waals surface area contributed by atoms with Crippen LogP contribution in [-0.4, -0.2) is 43.1 Å². The van der Waals surface area contributed by atoms with E-state index < -0.39 is 11.6 Å². The van der Waals surface area contributed by atoms with Gasteiger partial charge in [0.1, 0.15) is 0 Å². The van der Waals surface area contributed by atoms with Crippen LogP contribution in [0.2, 0.25) is 0 Å². The van der Waals surface area contributed by atoms with Crippen molar-refractivity contribution in [1.29, 1.82) is 0 Å². The van der Waals surface area contributed by atoms with Crippen molar-refractivity contribution >= 4 is 11.8 Å². The Bertz CT molecular complexity index is 420. The molecule has 1 aliphatic rings. The molecule has 1 unspecified atom stereocenters. The van der Waals surface area contributed by atoms with Crippen LogP contribution >= 0.6 is 11.8 Å². The van der Waals surface area contributed by atoms with E-state index in [-0.39, 0.29) is 6.04 Å². The van der Waals surface area contributed by atoms with Gasteiger partial charge in [0, 0.05) is 23.9 Å². The summed E-state index contributed by atoms with van der Waals surface area (Å²) in [7, 11) is 1.80. The largest absolute Gasteiger partial charge is 0.313 e. The highest BCUT2D eigenvalue weighted by atomic mass is 32.2. The molecule has 1 aromatic rings. The molecule has 1 fully saturated rings. The third-order valence-electron chi connectivity index (χ3n) is 3.75. The maximum absolute atomic E-state index is 13.8. The second kappa shape index (κ2) is 7.96. The highest BCUT2D eigenvalue weighted by Crippen LogP contribution is 2.22. The third-order valence-corrected chi connectivity index (χ3v) is 4.80. The summed E-state index contributed by atoms with van der Waals surface area (Å²) in [6, 6.07) is 4.26. The van der Waals surface area contributed by atoms with E-state index in [1.165, 1.54) is 17.9 Å². The Kier molecular flexibility index (Phi) is 6.26. The van der Waals surface area contributed by atoms with Gasteiger partial charge in [0.05, 0.1) is 0 Å². The number of thioether (sulfide) groups is 1. The summed E-state index contributed by atoms with van der Waals surface area (Å²) in [6.07, 6.45) is 2.00. The quantitative estimate of drug-likeness (QED) is 0.900. The van der Waals surface area contributed by atoms with Crippen molar-refractivity contribution in [1.82, 2.24) is 10.2 Å². The zero-order valence-electron chi connectivity index (χ0n) is 11.9. The Morgan fingerprint density at radius 2 is 2.15 bits per heavy atom. The minimum absolute atomic E-state index is 0.137. The average molecular weight is 300 g/mol. The molecule has 1 aliphatic heterocycles. The van der Waals surface area contributed by atoms with Crippen LogP contribution < -0.4 is 5.32 Å². The highest BCUT2D eigenvalue weighted by molar-refractivity contribution is 7.99. The van der Waals surface area contributed by atoms with Crippen molar-refractivity contribution in [3.63, 3.8) is 0 Å². The minimum atomic E-state index is -0.770. The van der Waals surface area contributed by atoms with Crippen molar-refractivity contribution in [3.8, 4) is 0 Å². The van der Waals surface area contributed by atoms with Crippen LogP contribution in [0.4, 0.5) is 8.78 Å². The van der Waals surface area contributed by atoms with Crippen LogP contribution in [0.15, 0.2) is 18.2 Å². The SMILES string of the molecule is CNC(CCN1CCCSCC1)c1cccc(F)c1F. The molecule has 0 radical (unpaired) electrons. The second-order valence-electron chi connectivity index (χ2n) is 5.08. The number of hydrogen-bond donors (Lipinski definition) is 1. The van der Waals surface area contributed by atoms with E-state index in [1.807, 2.05) is 11.8 Å². The summed E-state index contributed by atoms with van der Waals surface area (Å²) in [5, 5.41) is 3.10. The summed E-state index contributed by atoms with van der Waals surface area (Å²) in [5.74, 6) is 0.899. The lowest BCUT2D eigenvalue weighted by molar-refractivity contribution is 0.276. The number of halogens is 2. The molecule has 0 bridgehead atoms. The van der Waals surface area contributed by atoms with E-state index in [4.69, 9.17) is 0 Å². The predicted octanol–water partition coefficient (Wildman–Crippen LogP) is 3.05. The molecule has 1 heterocycles. The number of hydrogen-bond acceptors (Lipinski definition) is 3. The van der Waals surface area contributed by atoms with E-state index >= 15 is 0 Å². The summed E-state index contributed by atoms with van der Waals surface area (Å²) >= 11 is 1.99. The summed E-state index contributed by atoms with van der Waals surface area (Å²) in [4.78, 5) is 2.42. The first kappa shape index (κ1) is 15.7. The maximum atomic E-state index is 13.8. The molecule has 0 amide bonds. The Labute approximate surface area is 123 Å². The van der Waals surface area contributed by atoms with Gasteiger partial charge in [-0.15, -0.1) is 0 Å². The normalized spacial score (nSPS) is 18.8. The lowest BCUT2D eigenvalue weighted by Gasteiger charge is -2.24. The second-order valence-corrected chi connectivity index (χ2v) is 6.31. The molecule has 1 atom stereocenters. The van der Waals surface area contributed by atoms with Crippen molar-refractivity contribution in [2.75, 3.05) is 38.2 Å². The predicted molar refractivity (Wildman–Crippen MR) is 81.2 cm³/mol. The van der Waals surface area contributed by atoms with Gasteiger partial charge in [-0.05, 0) is 44.8 Å². The van der Waals surface area contributed by atoms with Gasteiger partial charge >= 0.3 is 0 Å². The lowest BCUT2D eigenvalue weighted by atomic mass is 10.0. The molecule has 0 aromatic heterocycles. The Hall–Kier alpha value is -0.650. The first-order valence-corrected chi connectivity index (χ1v) is 8.29. The Morgan fingerprint density at radius 3 is 2.95 bits per heavy atom. The summed E-state index contributed by atoms with van der Waals surface area (Å²) < 4.78 is 27.1. The third kappa shape index (κ3) is 4.17. The first-order valence-electron chi connectivity index (χ1n) is 7.13. The monoisotopic (exact) mass is 300 g/mol. The first-order chi connectivity index (χ1) is 9.72. The summed E-state index contributed by atoms with van der Waals surface area (Å²) in [6.45, 7) is 3.11. The molecule has 0 spiro atoms. The van der Waals surface area contributed by atoms with E-state index in [1.54, 1.807) is 19.2 Å². The number of benzene rings is 1. The van der Waals surface area contributed by atoms with Gasteiger partial charge in [-0.2, -0.15) is 11.8 Å². The molecule has 112 valence electrons. The average Bonchev–Trinajstić information content (AvgIpc) is 2.72. The molecule has 1 N–H and O–H groups in total. The van der Waals surface area contributed by atoms with E-state index in [9.17, 15) is 8.78 Å². The zero-order valence-corrected chi connectivity index (χ0v) is 12.7. The molecule has 20 heavy (non-hydrogen) atoms. The van der Waals surface area contributed by atoms with Gasteiger partial charge in [-0.25, -0.2) is 8.78 Å². The van der Waals surface area contributed by atoms with Crippen LogP contribution in [0.1, 0.15) is 24.4 Å². The van der Waals surface area contributed by atoms with Crippen LogP contribution in [0.3, 0.4) is 0 Å². The van der Waals surface area contributed by atoms with Gasteiger partial charge in [0.25, 0.3) is 0 Å². The molecule has 0 saturated carbocycles. The lowest BCUT2D eigenvalue weighted by Crippen LogP contribution is -2.30. The Balaban J connectivity index is 1.96. The molecule has 1 saturated heterocycles. The van der Waals surface area contributed by atoms with Gasteiger partial charge in [-0.1, -0.05) is 12.1 Å². The van der Waals surface area contributed by atoms with E-state index in [0.717, 1.165) is 32.1 Å². The summed E-state index contributed by atoms with van der Waals surface area (Å²) in [5.41, 5.74) is 0.427. The van der Waals surface area contributed by atoms with Crippen LogP contribution in [-0.2, 0) is 0 Å². The van der Waals surface area contributed by atoms with Crippen LogP contribution in [0, 0.1) is 11.6 Å². The molecule has 2 nitrogen and oxygen atoms in total. The molecular formula is C15H22F2N2S. The molecule has 2 rings (SSSR count). The van der Waals surface area contributed by atoms with Crippen LogP contribution in [0.5, 0.6) is 0 Å². The fraction of sp³-hybridized carbons (Fsp3) is 0.600. The van der Waals surface area contributed by atoms with Crippen molar-refractivity contribution in [2.45, 2.75) is 18.9 Å². The Morgan fingerprint density at radius 1 is 1.30 bits per heavy atom. The smallest absolute Gasteiger partial charge is 0.163 e. The van der Waals surface area contributed by atoms with Gasteiger partial charge in [0.2, 0.25) is 0 Å². The van der Waals surface area contributed by atoms with Crippen molar-refractivity contribution < 1.29 is 8.78 Å². The van der Waals surface area contributed by atoms with Crippen molar-refractivity contribution in [3.05, 3.63) is 35.4 Å². The number of rotatable bonds is 5. The van der Waals surface area contributed by atoms with E-state index in [0.29, 0.717) is 5.56 Å². The highest BCUT2D eigenvalue weighted by Gasteiger charge is 2.18. The van der Waals surface area contributed by atoms with Gasteiger partial charge < -0.3 is 10.2 Å². The van der Waals surface area contributed by atoms with Crippen LogP contribution in [0.25, 0.3) is 0 Å². The van der Waals surface area contributed by atoms with Gasteiger partial charge in [-0.3, -0.25) is 0 Å². The van der Waals surface area contributed by atoms with Gasteiger partial charge in [0.15, 0.2) is 11.6 Å². The van der Waals surface area contributed by atoms with E-state index in [2.05, 4.69) is 10.2 Å².